The van der Waals surface area contributed by atoms with Gasteiger partial charge in [-0.05, 0) is 43.9 Å². The number of rotatable bonds is 1. The number of nitrogens with one attached hydrogen (secondary N) is 1. The zero-order valence-electron chi connectivity index (χ0n) is 12.2. The smallest absolute Gasteiger partial charge is 0.276 e. The molecule has 0 radical (unpaired) electrons. The number of urea groups is 1. The highest BCUT2D eigenvalue weighted by atomic mass is 16.2. The maximum absolute atomic E-state index is 12.9. The summed E-state index contributed by atoms with van der Waals surface area (Å²) in [6, 6.07) is 4.85. The minimum Gasteiger partial charge on any atom is -0.276 e. The summed E-state index contributed by atoms with van der Waals surface area (Å²) in [5.41, 5.74) is 1.40. The first-order valence-electron chi connectivity index (χ1n) is 7.23. The van der Waals surface area contributed by atoms with Crippen LogP contribution in [0.2, 0.25) is 0 Å². The molecule has 4 amide bonds. The summed E-state index contributed by atoms with van der Waals surface area (Å²) in [6.45, 7) is 3.81. The van der Waals surface area contributed by atoms with Gasteiger partial charge in [-0.1, -0.05) is 25.0 Å². The molecule has 1 aromatic carbocycles. The minimum atomic E-state index is -1.05. The molecule has 2 aliphatic rings. The van der Waals surface area contributed by atoms with Crippen molar-refractivity contribution in [2.45, 2.75) is 39.5 Å². The fourth-order valence-electron chi connectivity index (χ4n) is 3.29. The van der Waals surface area contributed by atoms with Crippen molar-refractivity contribution in [1.29, 1.82) is 0 Å². The fraction of sp³-hybridized carbons (Fsp3) is 0.438. The van der Waals surface area contributed by atoms with Crippen LogP contribution < -0.4 is 10.2 Å². The molecular weight excluding hydrogens is 268 g/mol. The number of imide groups is 2. The number of nitrogens with zero attached hydrogens (tertiary/aromatic N) is 1. The number of anilines is 1. The zero-order valence-corrected chi connectivity index (χ0v) is 12.2. The van der Waals surface area contributed by atoms with E-state index in [0.717, 1.165) is 28.9 Å². The minimum absolute atomic E-state index is 0.373. The van der Waals surface area contributed by atoms with E-state index in [1.807, 2.05) is 26.0 Å². The van der Waals surface area contributed by atoms with Crippen LogP contribution in [0.4, 0.5) is 10.5 Å². The molecule has 0 bridgehead atoms. The van der Waals surface area contributed by atoms with Crippen molar-refractivity contribution in [2.75, 3.05) is 4.90 Å². The van der Waals surface area contributed by atoms with E-state index in [-0.39, 0.29) is 5.91 Å². The lowest BCUT2D eigenvalue weighted by Crippen LogP contribution is -2.63. The van der Waals surface area contributed by atoms with Crippen molar-refractivity contribution in [3.8, 4) is 0 Å². The van der Waals surface area contributed by atoms with Crippen LogP contribution in [-0.2, 0) is 9.59 Å². The van der Waals surface area contributed by atoms with E-state index in [4.69, 9.17) is 0 Å². The van der Waals surface area contributed by atoms with Crippen LogP contribution in [0, 0.1) is 19.3 Å². The molecule has 0 aromatic heterocycles. The van der Waals surface area contributed by atoms with Gasteiger partial charge in [0.1, 0.15) is 5.41 Å². The molecule has 0 unspecified atom stereocenters. The van der Waals surface area contributed by atoms with E-state index < -0.39 is 17.4 Å². The third-order valence-electron chi connectivity index (χ3n) is 4.74. The first kappa shape index (κ1) is 13.8. The fourth-order valence-corrected chi connectivity index (χ4v) is 3.29. The Morgan fingerprint density at radius 3 is 2.43 bits per heavy atom. The van der Waals surface area contributed by atoms with Crippen LogP contribution in [0.5, 0.6) is 0 Å². The first-order chi connectivity index (χ1) is 9.97. The summed E-state index contributed by atoms with van der Waals surface area (Å²) in [5, 5.41) is 2.36. The van der Waals surface area contributed by atoms with Gasteiger partial charge in [0.25, 0.3) is 5.91 Å². The number of hydrogen-bond donors (Lipinski definition) is 1. The molecule has 0 atom stereocenters. The van der Waals surface area contributed by atoms with Gasteiger partial charge in [-0.15, -0.1) is 0 Å². The molecule has 1 aliphatic heterocycles. The second-order valence-corrected chi connectivity index (χ2v) is 5.91. The molecule has 110 valence electrons. The third-order valence-corrected chi connectivity index (χ3v) is 4.74. The average molecular weight is 286 g/mol. The van der Waals surface area contributed by atoms with Crippen molar-refractivity contribution < 1.29 is 14.4 Å². The van der Waals surface area contributed by atoms with Gasteiger partial charge in [-0.2, -0.15) is 0 Å². The highest BCUT2D eigenvalue weighted by molar-refractivity contribution is 6.30. The number of aryl methyl sites for hydroxylation is 1. The monoisotopic (exact) mass is 286 g/mol. The van der Waals surface area contributed by atoms with Crippen LogP contribution in [0.3, 0.4) is 0 Å². The molecule has 1 aromatic rings. The Hall–Kier alpha value is -2.17. The van der Waals surface area contributed by atoms with Crippen molar-refractivity contribution in [2.24, 2.45) is 5.41 Å². The lowest BCUT2D eigenvalue weighted by molar-refractivity contribution is -0.142. The molecule has 2 fully saturated rings. The van der Waals surface area contributed by atoms with Crippen LogP contribution in [0.25, 0.3) is 0 Å². The largest absolute Gasteiger partial charge is 0.335 e. The summed E-state index contributed by atoms with van der Waals surface area (Å²) in [6.07, 6.45) is 2.72. The molecule has 1 N–H and O–H groups in total. The number of amides is 4. The second-order valence-electron chi connectivity index (χ2n) is 5.91. The number of benzene rings is 1. The van der Waals surface area contributed by atoms with Crippen molar-refractivity contribution in [3.63, 3.8) is 0 Å². The molecule has 5 nitrogen and oxygen atoms in total. The van der Waals surface area contributed by atoms with Gasteiger partial charge in [0.2, 0.25) is 5.91 Å². The predicted octanol–water partition coefficient (Wildman–Crippen LogP) is 2.45. The van der Waals surface area contributed by atoms with E-state index in [1.54, 1.807) is 6.07 Å². The Morgan fingerprint density at radius 1 is 1.10 bits per heavy atom. The van der Waals surface area contributed by atoms with Crippen LogP contribution in [0.15, 0.2) is 18.2 Å². The summed E-state index contributed by atoms with van der Waals surface area (Å²) < 4.78 is 0. The average Bonchev–Trinajstić information content (AvgIpc) is 2.92. The van der Waals surface area contributed by atoms with Crippen molar-refractivity contribution >= 4 is 23.5 Å². The summed E-state index contributed by atoms with van der Waals surface area (Å²) in [5.74, 6) is -0.806. The Bertz CT molecular complexity index is 645. The maximum atomic E-state index is 12.9. The Morgan fingerprint density at radius 2 is 1.76 bits per heavy atom. The van der Waals surface area contributed by atoms with E-state index in [9.17, 15) is 14.4 Å². The molecule has 1 spiro atoms. The topological polar surface area (TPSA) is 66.5 Å². The van der Waals surface area contributed by atoms with Crippen LogP contribution >= 0.6 is 0 Å². The predicted molar refractivity (Wildman–Crippen MR) is 77.8 cm³/mol. The zero-order chi connectivity index (χ0) is 15.2. The summed E-state index contributed by atoms with van der Waals surface area (Å²) in [4.78, 5) is 38.4. The number of carbonyl (C=O) groups is 3. The number of carbonyl (C=O) groups excluding carboxylic acids is 3. The van der Waals surface area contributed by atoms with Gasteiger partial charge in [0, 0.05) is 0 Å². The molecule has 3 rings (SSSR count). The summed E-state index contributed by atoms with van der Waals surface area (Å²) in [7, 11) is 0. The van der Waals surface area contributed by atoms with Gasteiger partial charge in [0.15, 0.2) is 0 Å². The van der Waals surface area contributed by atoms with Crippen LogP contribution in [-0.4, -0.2) is 17.8 Å². The Balaban J connectivity index is 2.09. The molecule has 1 saturated heterocycles. The SMILES string of the molecule is Cc1cccc(N2C(=O)NC(=O)C3(CCCC3)C2=O)c1C. The van der Waals surface area contributed by atoms with Gasteiger partial charge in [-0.3, -0.25) is 14.9 Å². The molecule has 1 saturated carbocycles. The maximum Gasteiger partial charge on any atom is 0.335 e. The lowest BCUT2D eigenvalue weighted by Gasteiger charge is -2.37. The normalized spacial score (nSPS) is 21.0. The quantitative estimate of drug-likeness (QED) is 0.806. The van der Waals surface area contributed by atoms with Crippen molar-refractivity contribution in [1.82, 2.24) is 5.32 Å². The summed E-state index contributed by atoms with van der Waals surface area (Å²) >= 11 is 0. The lowest BCUT2D eigenvalue weighted by atomic mass is 9.81. The first-order valence-corrected chi connectivity index (χ1v) is 7.23. The number of hydrogen-bond acceptors (Lipinski definition) is 3. The number of barbiturate groups is 1. The van der Waals surface area contributed by atoms with Gasteiger partial charge >= 0.3 is 6.03 Å². The van der Waals surface area contributed by atoms with Gasteiger partial charge < -0.3 is 0 Å². The Labute approximate surface area is 123 Å². The van der Waals surface area contributed by atoms with E-state index in [0.29, 0.717) is 18.5 Å². The van der Waals surface area contributed by atoms with Gasteiger partial charge in [-0.25, -0.2) is 9.69 Å². The molecule has 1 aliphatic carbocycles. The van der Waals surface area contributed by atoms with Gasteiger partial charge in [0.05, 0.1) is 5.69 Å². The van der Waals surface area contributed by atoms with E-state index in [2.05, 4.69) is 5.32 Å². The van der Waals surface area contributed by atoms with Crippen LogP contribution in [0.1, 0.15) is 36.8 Å². The van der Waals surface area contributed by atoms with E-state index >= 15 is 0 Å². The molecule has 5 heteroatoms. The molecular formula is C16H18N2O3. The highest BCUT2D eigenvalue weighted by Gasteiger charge is 2.55. The Kier molecular flexibility index (Phi) is 3.08. The second kappa shape index (κ2) is 4.69. The third kappa shape index (κ3) is 1.87. The highest BCUT2D eigenvalue weighted by Crippen LogP contribution is 2.43. The standard InChI is InChI=1S/C16H18N2O3/c1-10-6-5-7-12(11(10)2)18-14(20)16(8-3-4-9-16)13(19)17-15(18)21/h5-7H,3-4,8-9H2,1-2H3,(H,17,19,21). The molecule has 1 heterocycles. The van der Waals surface area contributed by atoms with E-state index in [1.165, 1.54) is 0 Å². The molecule has 21 heavy (non-hydrogen) atoms. The van der Waals surface area contributed by atoms with Crippen molar-refractivity contribution in [3.05, 3.63) is 29.3 Å².